The Labute approximate surface area is 110 Å². The van der Waals surface area contributed by atoms with Gasteiger partial charge in [-0.05, 0) is 25.8 Å². The zero-order chi connectivity index (χ0) is 13.8. The predicted octanol–water partition coefficient (Wildman–Crippen LogP) is 2.79. The second-order valence-electron chi connectivity index (χ2n) is 4.85. The van der Waals surface area contributed by atoms with E-state index < -0.39 is 17.6 Å². The molecular formula is C13H18F3N3. The van der Waals surface area contributed by atoms with Crippen LogP contribution < -0.4 is 5.32 Å². The number of halogens is 3. The second-order valence-corrected chi connectivity index (χ2v) is 4.85. The molecule has 3 nitrogen and oxygen atoms in total. The van der Waals surface area contributed by atoms with Gasteiger partial charge in [0.1, 0.15) is 0 Å². The summed E-state index contributed by atoms with van der Waals surface area (Å²) in [5, 5.41) is 2.86. The molecule has 106 valence electrons. The standard InChI is InChI=1S/C13H18F3N3/c1-2-5-19-6-3-9(4-7-19)17-13-11(15)8-10(14)12(16)18-13/h8-9H,2-7H2,1H3,(H,17,18). The second kappa shape index (κ2) is 6.23. The van der Waals surface area contributed by atoms with Crippen LogP contribution in [0.15, 0.2) is 6.07 Å². The average Bonchev–Trinajstić information content (AvgIpc) is 2.38. The van der Waals surface area contributed by atoms with Crippen molar-refractivity contribution >= 4 is 5.82 Å². The minimum absolute atomic E-state index is 0.0555. The zero-order valence-corrected chi connectivity index (χ0v) is 10.9. The minimum Gasteiger partial charge on any atom is -0.365 e. The summed E-state index contributed by atoms with van der Waals surface area (Å²) in [7, 11) is 0. The molecule has 2 rings (SSSR count). The number of aromatic nitrogens is 1. The quantitative estimate of drug-likeness (QED) is 0.855. The Kier molecular flexibility index (Phi) is 4.63. The lowest BCUT2D eigenvalue weighted by molar-refractivity contribution is 0.219. The zero-order valence-electron chi connectivity index (χ0n) is 10.9. The topological polar surface area (TPSA) is 28.2 Å². The lowest BCUT2D eigenvalue weighted by Gasteiger charge is -2.32. The monoisotopic (exact) mass is 273 g/mol. The Bertz CT molecular complexity index is 431. The third kappa shape index (κ3) is 3.59. The molecule has 1 aromatic rings. The van der Waals surface area contributed by atoms with Gasteiger partial charge >= 0.3 is 0 Å². The fraction of sp³-hybridized carbons (Fsp3) is 0.615. The molecular weight excluding hydrogens is 255 g/mol. The molecule has 0 bridgehead atoms. The first kappa shape index (κ1) is 14.1. The number of piperidine rings is 1. The van der Waals surface area contributed by atoms with E-state index in [2.05, 4.69) is 22.1 Å². The van der Waals surface area contributed by atoms with Gasteiger partial charge in [0.25, 0.3) is 5.95 Å². The van der Waals surface area contributed by atoms with Crippen molar-refractivity contribution in [2.45, 2.75) is 32.2 Å². The van der Waals surface area contributed by atoms with Crippen LogP contribution >= 0.6 is 0 Å². The van der Waals surface area contributed by atoms with Gasteiger partial charge < -0.3 is 10.2 Å². The fourth-order valence-corrected chi connectivity index (χ4v) is 2.36. The molecule has 2 heterocycles. The van der Waals surface area contributed by atoms with Crippen LogP contribution in [0.5, 0.6) is 0 Å². The van der Waals surface area contributed by atoms with Crippen molar-refractivity contribution in [3.8, 4) is 0 Å². The maximum atomic E-state index is 13.4. The molecule has 0 radical (unpaired) electrons. The lowest BCUT2D eigenvalue weighted by Crippen LogP contribution is -2.39. The predicted molar refractivity (Wildman–Crippen MR) is 67.5 cm³/mol. The number of likely N-dealkylation sites (tertiary alicyclic amines) is 1. The van der Waals surface area contributed by atoms with E-state index in [1.807, 2.05) is 0 Å². The Morgan fingerprint density at radius 2 is 1.95 bits per heavy atom. The Morgan fingerprint density at radius 3 is 2.58 bits per heavy atom. The van der Waals surface area contributed by atoms with Gasteiger partial charge in [-0.3, -0.25) is 0 Å². The summed E-state index contributed by atoms with van der Waals surface area (Å²) in [6.45, 7) is 5.04. The Morgan fingerprint density at radius 1 is 1.26 bits per heavy atom. The third-order valence-corrected chi connectivity index (χ3v) is 3.35. The highest BCUT2D eigenvalue weighted by Gasteiger charge is 2.20. The van der Waals surface area contributed by atoms with Crippen LogP contribution in [-0.2, 0) is 0 Å². The van der Waals surface area contributed by atoms with E-state index >= 15 is 0 Å². The van der Waals surface area contributed by atoms with E-state index in [9.17, 15) is 13.2 Å². The molecule has 0 saturated carbocycles. The number of rotatable bonds is 4. The summed E-state index contributed by atoms with van der Waals surface area (Å²) >= 11 is 0. The van der Waals surface area contributed by atoms with Gasteiger partial charge in [0.2, 0.25) is 0 Å². The van der Waals surface area contributed by atoms with E-state index in [0.29, 0.717) is 6.07 Å². The van der Waals surface area contributed by atoms with Crippen molar-refractivity contribution in [1.82, 2.24) is 9.88 Å². The smallest absolute Gasteiger partial charge is 0.251 e. The van der Waals surface area contributed by atoms with E-state index in [0.717, 1.165) is 38.9 Å². The number of pyridine rings is 1. The first-order chi connectivity index (χ1) is 9.10. The van der Waals surface area contributed by atoms with Crippen LogP contribution in [0.3, 0.4) is 0 Å². The van der Waals surface area contributed by atoms with E-state index in [1.54, 1.807) is 0 Å². The molecule has 1 aliphatic heterocycles. The van der Waals surface area contributed by atoms with Crippen LogP contribution in [0.4, 0.5) is 19.0 Å². The first-order valence-corrected chi connectivity index (χ1v) is 6.60. The minimum atomic E-state index is -1.27. The molecule has 0 spiro atoms. The van der Waals surface area contributed by atoms with Crippen molar-refractivity contribution in [2.24, 2.45) is 0 Å². The van der Waals surface area contributed by atoms with Gasteiger partial charge in [-0.15, -0.1) is 0 Å². The molecule has 0 aromatic carbocycles. The summed E-state index contributed by atoms with van der Waals surface area (Å²) in [6, 6.07) is 0.580. The number of hydrogen-bond donors (Lipinski definition) is 1. The number of anilines is 1. The third-order valence-electron chi connectivity index (χ3n) is 3.35. The van der Waals surface area contributed by atoms with Crippen molar-refractivity contribution in [2.75, 3.05) is 25.0 Å². The van der Waals surface area contributed by atoms with Gasteiger partial charge in [-0.2, -0.15) is 9.37 Å². The van der Waals surface area contributed by atoms with Crippen LogP contribution in [-0.4, -0.2) is 35.6 Å². The largest absolute Gasteiger partial charge is 0.365 e. The SMILES string of the molecule is CCCN1CCC(Nc2nc(F)c(F)cc2F)CC1. The molecule has 1 aliphatic rings. The summed E-state index contributed by atoms with van der Waals surface area (Å²) < 4.78 is 39.2. The molecule has 1 aromatic heterocycles. The molecule has 0 atom stereocenters. The van der Waals surface area contributed by atoms with Crippen LogP contribution in [0.1, 0.15) is 26.2 Å². The molecule has 0 amide bonds. The van der Waals surface area contributed by atoms with Crippen LogP contribution in [0.25, 0.3) is 0 Å². The van der Waals surface area contributed by atoms with E-state index in [4.69, 9.17) is 0 Å². The molecule has 1 saturated heterocycles. The highest BCUT2D eigenvalue weighted by atomic mass is 19.2. The number of nitrogens with one attached hydrogen (secondary N) is 1. The lowest BCUT2D eigenvalue weighted by atomic mass is 10.0. The Balaban J connectivity index is 1.94. The van der Waals surface area contributed by atoms with Crippen molar-refractivity contribution in [3.05, 3.63) is 23.6 Å². The summed E-state index contributed by atoms with van der Waals surface area (Å²) in [5.74, 6) is -3.59. The summed E-state index contributed by atoms with van der Waals surface area (Å²) in [5.41, 5.74) is 0. The van der Waals surface area contributed by atoms with Crippen LogP contribution in [0.2, 0.25) is 0 Å². The van der Waals surface area contributed by atoms with Gasteiger partial charge in [-0.25, -0.2) is 8.78 Å². The van der Waals surface area contributed by atoms with Gasteiger partial charge in [0.05, 0.1) is 0 Å². The van der Waals surface area contributed by atoms with Crippen molar-refractivity contribution in [1.29, 1.82) is 0 Å². The maximum Gasteiger partial charge on any atom is 0.251 e. The highest BCUT2D eigenvalue weighted by Crippen LogP contribution is 2.19. The van der Waals surface area contributed by atoms with Crippen molar-refractivity contribution in [3.63, 3.8) is 0 Å². The van der Waals surface area contributed by atoms with Crippen LogP contribution in [0, 0.1) is 17.6 Å². The fourth-order valence-electron chi connectivity index (χ4n) is 2.36. The summed E-state index contributed by atoms with van der Waals surface area (Å²) in [4.78, 5) is 5.62. The summed E-state index contributed by atoms with van der Waals surface area (Å²) in [6.07, 6.45) is 2.80. The normalized spacial score (nSPS) is 17.7. The van der Waals surface area contributed by atoms with E-state index in [-0.39, 0.29) is 11.9 Å². The number of hydrogen-bond acceptors (Lipinski definition) is 3. The molecule has 1 fully saturated rings. The Hall–Kier alpha value is -1.30. The van der Waals surface area contributed by atoms with Gasteiger partial charge in [0, 0.05) is 25.2 Å². The highest BCUT2D eigenvalue weighted by molar-refractivity contribution is 5.37. The average molecular weight is 273 g/mol. The molecule has 1 N–H and O–H groups in total. The molecule has 0 aliphatic carbocycles. The molecule has 19 heavy (non-hydrogen) atoms. The van der Waals surface area contributed by atoms with E-state index in [1.165, 1.54) is 0 Å². The number of nitrogens with zero attached hydrogens (tertiary/aromatic N) is 2. The maximum absolute atomic E-state index is 13.4. The first-order valence-electron chi connectivity index (χ1n) is 6.60. The van der Waals surface area contributed by atoms with Crippen molar-refractivity contribution < 1.29 is 13.2 Å². The van der Waals surface area contributed by atoms with Gasteiger partial charge in [-0.1, -0.05) is 6.92 Å². The molecule has 6 heteroatoms. The van der Waals surface area contributed by atoms with Gasteiger partial charge in [0.15, 0.2) is 17.5 Å². The molecule has 0 unspecified atom stereocenters.